The topological polar surface area (TPSA) is 108 Å². The number of fused-ring (bicyclic) bond motifs is 1. The van der Waals surface area contributed by atoms with Crippen LogP contribution >= 0.6 is 22.9 Å². The molecule has 5 rings (SSSR count). The van der Waals surface area contributed by atoms with Crippen LogP contribution in [0.1, 0.15) is 29.2 Å². The van der Waals surface area contributed by atoms with Crippen LogP contribution in [0.25, 0.3) is 6.08 Å². The van der Waals surface area contributed by atoms with Crippen molar-refractivity contribution in [2.24, 2.45) is 0 Å². The van der Waals surface area contributed by atoms with Gasteiger partial charge in [-0.1, -0.05) is 66.2 Å². The Labute approximate surface area is 229 Å². The smallest absolute Gasteiger partial charge is 0.267 e. The fourth-order valence-electron chi connectivity index (χ4n) is 4.42. The highest BCUT2D eigenvalue weighted by Crippen LogP contribution is 2.37. The number of hydrogen-bond donors (Lipinski definition) is 3. The van der Waals surface area contributed by atoms with Crippen molar-refractivity contribution in [1.29, 1.82) is 0 Å². The summed E-state index contributed by atoms with van der Waals surface area (Å²) in [5.41, 5.74) is 3.91. The zero-order chi connectivity index (χ0) is 26.7. The Morgan fingerprint density at radius 3 is 2.58 bits per heavy atom. The van der Waals surface area contributed by atoms with Gasteiger partial charge in [-0.3, -0.25) is 9.59 Å². The molecule has 1 unspecified atom stereocenters. The maximum Gasteiger partial charge on any atom is 0.267 e. The molecule has 0 bridgehead atoms. The standard InChI is InChI=1S/C27H23ClN4O4S2/c28-24-10-11-25(37-24)38(35,36)31-32(17-33)27-22(26-21-9-5-4-8-19(21)12-13-29-26)14-20(34)15-23(27)30-16-18-6-2-1-3-7-18/h1-14,17,26,29-31H,15-16H2. The Morgan fingerprint density at radius 2 is 1.84 bits per heavy atom. The fraction of sp³-hybridized carbons (Fsp3) is 0.111. The number of rotatable bonds is 9. The van der Waals surface area contributed by atoms with E-state index in [2.05, 4.69) is 15.5 Å². The van der Waals surface area contributed by atoms with Crippen LogP contribution in [0.4, 0.5) is 0 Å². The van der Waals surface area contributed by atoms with Gasteiger partial charge in [0, 0.05) is 17.8 Å². The van der Waals surface area contributed by atoms with E-state index in [0.717, 1.165) is 33.0 Å². The summed E-state index contributed by atoms with van der Waals surface area (Å²) in [6, 6.07) is 19.6. The lowest BCUT2D eigenvalue weighted by Crippen LogP contribution is -2.44. The molecule has 2 aliphatic rings. The minimum absolute atomic E-state index is 0.0349. The second kappa shape index (κ2) is 11.0. The Kier molecular flexibility index (Phi) is 7.48. The zero-order valence-electron chi connectivity index (χ0n) is 19.9. The number of amides is 1. The normalized spacial score (nSPS) is 16.9. The van der Waals surface area contributed by atoms with E-state index in [4.69, 9.17) is 11.6 Å². The number of nitrogens with zero attached hydrogens (tertiary/aromatic N) is 1. The van der Waals surface area contributed by atoms with Gasteiger partial charge < -0.3 is 10.6 Å². The highest BCUT2D eigenvalue weighted by molar-refractivity contribution is 7.91. The van der Waals surface area contributed by atoms with E-state index in [1.807, 2.05) is 60.7 Å². The third-order valence-electron chi connectivity index (χ3n) is 6.10. The lowest BCUT2D eigenvalue weighted by molar-refractivity contribution is -0.118. The highest BCUT2D eigenvalue weighted by Gasteiger charge is 2.34. The Bertz CT molecular complexity index is 1580. The van der Waals surface area contributed by atoms with E-state index in [9.17, 15) is 18.0 Å². The number of carbonyl (C=O) groups is 2. The summed E-state index contributed by atoms with van der Waals surface area (Å²) in [6.07, 6.45) is 5.50. The molecule has 0 radical (unpaired) electrons. The van der Waals surface area contributed by atoms with Crippen LogP contribution in [-0.4, -0.2) is 25.6 Å². The first-order valence-electron chi connectivity index (χ1n) is 11.7. The van der Waals surface area contributed by atoms with Crippen LogP contribution in [-0.2, 0) is 26.2 Å². The van der Waals surface area contributed by atoms with Gasteiger partial charge in [0.25, 0.3) is 10.0 Å². The quantitative estimate of drug-likeness (QED) is 0.264. The number of thiophene rings is 1. The number of sulfonamides is 1. The Morgan fingerprint density at radius 1 is 1.08 bits per heavy atom. The van der Waals surface area contributed by atoms with Gasteiger partial charge in [-0.05, 0) is 47.2 Å². The van der Waals surface area contributed by atoms with E-state index >= 15 is 0 Å². The zero-order valence-corrected chi connectivity index (χ0v) is 22.3. The number of hydrogen-bond acceptors (Lipinski definition) is 7. The van der Waals surface area contributed by atoms with Crippen LogP contribution in [0, 0.1) is 0 Å². The van der Waals surface area contributed by atoms with Crippen molar-refractivity contribution in [3.05, 3.63) is 117 Å². The molecular formula is C27H23ClN4O4S2. The monoisotopic (exact) mass is 566 g/mol. The summed E-state index contributed by atoms with van der Waals surface area (Å²) in [4.78, 5) is 27.8. The second-order valence-corrected chi connectivity index (χ2v) is 12.2. The molecule has 38 heavy (non-hydrogen) atoms. The number of hydrazine groups is 1. The summed E-state index contributed by atoms with van der Waals surface area (Å²) >= 11 is 6.83. The summed E-state index contributed by atoms with van der Waals surface area (Å²) in [6.45, 7) is 0.370. The summed E-state index contributed by atoms with van der Waals surface area (Å²) < 4.78 is 26.6. The predicted octanol–water partition coefficient (Wildman–Crippen LogP) is 4.27. The van der Waals surface area contributed by atoms with Gasteiger partial charge in [0.05, 0.1) is 22.5 Å². The summed E-state index contributed by atoms with van der Waals surface area (Å²) in [5.74, 6) is -0.174. The number of nitrogens with one attached hydrogen (secondary N) is 3. The van der Waals surface area contributed by atoms with E-state index in [-0.39, 0.29) is 22.1 Å². The van der Waals surface area contributed by atoms with Crippen molar-refractivity contribution in [1.82, 2.24) is 20.5 Å². The third kappa shape index (κ3) is 5.44. The Hall–Kier alpha value is -3.70. The molecule has 0 spiro atoms. The van der Waals surface area contributed by atoms with Crippen LogP contribution in [0.2, 0.25) is 4.34 Å². The molecule has 2 heterocycles. The molecule has 11 heteroatoms. The van der Waals surface area contributed by atoms with Gasteiger partial charge in [-0.2, -0.15) is 0 Å². The number of allylic oxidation sites excluding steroid dienone is 2. The van der Waals surface area contributed by atoms with E-state index in [1.165, 1.54) is 18.2 Å². The number of benzene rings is 2. The first-order valence-corrected chi connectivity index (χ1v) is 14.3. The molecule has 0 saturated carbocycles. The lowest BCUT2D eigenvalue weighted by atomic mass is 9.86. The van der Waals surface area contributed by atoms with Crippen molar-refractivity contribution < 1.29 is 18.0 Å². The number of halogens is 1. The first-order chi connectivity index (χ1) is 18.4. The summed E-state index contributed by atoms with van der Waals surface area (Å²) in [5, 5.41) is 7.46. The van der Waals surface area contributed by atoms with Gasteiger partial charge in [-0.15, -0.1) is 16.2 Å². The second-order valence-electron chi connectivity index (χ2n) is 8.60. The summed E-state index contributed by atoms with van der Waals surface area (Å²) in [7, 11) is -4.15. The molecule has 1 aromatic heterocycles. The van der Waals surface area contributed by atoms with Gasteiger partial charge in [-0.25, -0.2) is 13.4 Å². The average molecular weight is 567 g/mol. The van der Waals surface area contributed by atoms with Gasteiger partial charge in [0.1, 0.15) is 4.21 Å². The molecule has 1 amide bonds. The maximum absolute atomic E-state index is 13.2. The predicted molar refractivity (Wildman–Crippen MR) is 147 cm³/mol. The molecule has 1 aliphatic heterocycles. The minimum Gasteiger partial charge on any atom is -0.382 e. The molecular weight excluding hydrogens is 544 g/mol. The first kappa shape index (κ1) is 25.9. The molecule has 8 nitrogen and oxygen atoms in total. The Balaban J connectivity index is 1.59. The molecule has 0 fully saturated rings. The minimum atomic E-state index is -4.15. The highest BCUT2D eigenvalue weighted by atomic mass is 35.5. The van der Waals surface area contributed by atoms with Crippen molar-refractivity contribution in [3.8, 4) is 0 Å². The van der Waals surface area contributed by atoms with Crippen molar-refractivity contribution >= 4 is 51.2 Å². The molecule has 194 valence electrons. The molecule has 2 aromatic carbocycles. The maximum atomic E-state index is 13.2. The molecule has 3 N–H and O–H groups in total. The third-order valence-corrected chi connectivity index (χ3v) is 9.13. The fourth-order valence-corrected chi connectivity index (χ4v) is 6.89. The van der Waals surface area contributed by atoms with Crippen molar-refractivity contribution in [3.63, 3.8) is 0 Å². The van der Waals surface area contributed by atoms with E-state index in [0.29, 0.717) is 28.6 Å². The lowest BCUT2D eigenvalue weighted by Gasteiger charge is -2.34. The van der Waals surface area contributed by atoms with Crippen LogP contribution in [0.5, 0.6) is 0 Å². The van der Waals surface area contributed by atoms with Gasteiger partial charge >= 0.3 is 0 Å². The number of carbonyl (C=O) groups excluding carboxylic acids is 2. The van der Waals surface area contributed by atoms with Crippen LogP contribution in [0.15, 0.2) is 100 Å². The van der Waals surface area contributed by atoms with Gasteiger partial charge in [0.2, 0.25) is 6.41 Å². The molecule has 1 atom stereocenters. The number of ketones is 1. The van der Waals surface area contributed by atoms with E-state index < -0.39 is 16.1 Å². The molecule has 0 saturated heterocycles. The van der Waals surface area contributed by atoms with Crippen molar-refractivity contribution in [2.45, 2.75) is 23.2 Å². The average Bonchev–Trinajstić information content (AvgIpc) is 3.38. The van der Waals surface area contributed by atoms with Gasteiger partial charge in [0.15, 0.2) is 5.78 Å². The molecule has 1 aliphatic carbocycles. The SMILES string of the molecule is O=CN(NS(=O)(=O)c1ccc(Cl)s1)C1=C(NCc2ccccc2)CC(=O)C=C1C1NC=Cc2ccccc21. The van der Waals surface area contributed by atoms with Crippen molar-refractivity contribution in [2.75, 3.05) is 0 Å². The molecule has 3 aromatic rings. The largest absolute Gasteiger partial charge is 0.382 e. The van der Waals surface area contributed by atoms with Crippen LogP contribution < -0.4 is 15.5 Å². The van der Waals surface area contributed by atoms with E-state index in [1.54, 1.807) is 6.20 Å². The van der Waals surface area contributed by atoms with Crippen LogP contribution in [0.3, 0.4) is 0 Å².